The molecule has 0 aliphatic heterocycles. The standard InChI is InChI=1S/C11H13NO4/c1-15-11(14)5-4-10-12-8-3-2-7(13)6-9(8)16-10/h2-3,6,11,13-14H,4-5H2,1H3. The summed E-state index contributed by atoms with van der Waals surface area (Å²) < 4.78 is 10.1. The number of oxazole rings is 1. The van der Waals surface area contributed by atoms with Gasteiger partial charge in [-0.15, -0.1) is 0 Å². The van der Waals surface area contributed by atoms with Crippen molar-refractivity contribution in [2.45, 2.75) is 19.1 Å². The highest BCUT2D eigenvalue weighted by atomic mass is 16.6. The summed E-state index contributed by atoms with van der Waals surface area (Å²) in [6.07, 6.45) is 0.114. The van der Waals surface area contributed by atoms with Crippen molar-refractivity contribution in [3.05, 3.63) is 24.1 Å². The number of fused-ring (bicyclic) bond motifs is 1. The first-order chi connectivity index (χ1) is 7.69. The number of aliphatic hydroxyl groups is 1. The van der Waals surface area contributed by atoms with Crippen LogP contribution in [0.1, 0.15) is 12.3 Å². The molecule has 86 valence electrons. The predicted molar refractivity (Wildman–Crippen MR) is 57.0 cm³/mol. The van der Waals surface area contributed by atoms with Crippen LogP contribution in [0.15, 0.2) is 22.6 Å². The first-order valence-corrected chi connectivity index (χ1v) is 4.98. The van der Waals surface area contributed by atoms with Gasteiger partial charge in [0.05, 0.1) is 0 Å². The van der Waals surface area contributed by atoms with E-state index >= 15 is 0 Å². The van der Waals surface area contributed by atoms with E-state index < -0.39 is 6.29 Å². The monoisotopic (exact) mass is 223 g/mol. The summed E-state index contributed by atoms with van der Waals surface area (Å²) in [5, 5.41) is 18.5. The van der Waals surface area contributed by atoms with Gasteiger partial charge in [-0.1, -0.05) is 0 Å². The van der Waals surface area contributed by atoms with Crippen LogP contribution in [0, 0.1) is 0 Å². The van der Waals surface area contributed by atoms with Crippen molar-refractivity contribution in [2.24, 2.45) is 0 Å². The van der Waals surface area contributed by atoms with E-state index in [1.54, 1.807) is 12.1 Å². The maximum Gasteiger partial charge on any atom is 0.195 e. The highest BCUT2D eigenvalue weighted by Gasteiger charge is 2.09. The number of hydrogen-bond acceptors (Lipinski definition) is 5. The second-order valence-electron chi connectivity index (χ2n) is 3.49. The van der Waals surface area contributed by atoms with Gasteiger partial charge in [0.2, 0.25) is 0 Å². The summed E-state index contributed by atoms with van der Waals surface area (Å²) >= 11 is 0. The Kier molecular flexibility index (Phi) is 3.07. The molecule has 1 aromatic carbocycles. The van der Waals surface area contributed by atoms with Crippen LogP contribution < -0.4 is 0 Å². The number of benzene rings is 1. The predicted octanol–water partition coefficient (Wildman–Crippen LogP) is 1.43. The lowest BCUT2D eigenvalue weighted by Crippen LogP contribution is -2.09. The molecule has 1 aromatic heterocycles. The number of ether oxygens (including phenoxy) is 1. The zero-order chi connectivity index (χ0) is 11.5. The molecule has 0 spiro atoms. The van der Waals surface area contributed by atoms with Crippen LogP contribution in [0.25, 0.3) is 11.1 Å². The van der Waals surface area contributed by atoms with Crippen molar-refractivity contribution >= 4 is 11.1 Å². The fraction of sp³-hybridized carbons (Fsp3) is 0.364. The normalized spacial score (nSPS) is 13.1. The molecule has 0 amide bonds. The minimum atomic E-state index is -0.802. The van der Waals surface area contributed by atoms with Gasteiger partial charge < -0.3 is 19.4 Å². The molecule has 1 atom stereocenters. The molecule has 16 heavy (non-hydrogen) atoms. The van der Waals surface area contributed by atoms with Crippen molar-refractivity contribution in [1.82, 2.24) is 4.98 Å². The van der Waals surface area contributed by atoms with Crippen LogP contribution in [0.2, 0.25) is 0 Å². The van der Waals surface area contributed by atoms with Gasteiger partial charge in [0.25, 0.3) is 0 Å². The molecule has 2 rings (SSSR count). The van der Waals surface area contributed by atoms with Crippen molar-refractivity contribution in [2.75, 3.05) is 7.11 Å². The van der Waals surface area contributed by atoms with E-state index in [4.69, 9.17) is 9.15 Å². The van der Waals surface area contributed by atoms with Gasteiger partial charge in [0, 0.05) is 26.0 Å². The van der Waals surface area contributed by atoms with Gasteiger partial charge in [-0.2, -0.15) is 0 Å². The lowest BCUT2D eigenvalue weighted by atomic mass is 10.3. The first kappa shape index (κ1) is 10.9. The zero-order valence-electron chi connectivity index (χ0n) is 8.88. The number of hydrogen-bond donors (Lipinski definition) is 2. The van der Waals surface area contributed by atoms with Crippen LogP contribution in [0.5, 0.6) is 5.75 Å². The number of aromatic hydroxyl groups is 1. The number of aliphatic hydroxyl groups excluding tert-OH is 1. The molecule has 0 radical (unpaired) electrons. The molecule has 1 unspecified atom stereocenters. The Morgan fingerprint density at radius 2 is 2.31 bits per heavy atom. The smallest absolute Gasteiger partial charge is 0.195 e. The summed E-state index contributed by atoms with van der Waals surface area (Å²) in [5.41, 5.74) is 1.24. The molecular weight excluding hydrogens is 210 g/mol. The Bertz CT molecular complexity index is 480. The summed E-state index contributed by atoms with van der Waals surface area (Å²) in [6.45, 7) is 0. The summed E-state index contributed by atoms with van der Waals surface area (Å²) in [6, 6.07) is 4.75. The van der Waals surface area contributed by atoms with E-state index in [9.17, 15) is 10.2 Å². The Labute approximate surface area is 92.3 Å². The fourth-order valence-electron chi connectivity index (χ4n) is 1.43. The van der Waals surface area contributed by atoms with Crippen LogP contribution >= 0.6 is 0 Å². The molecule has 1 heterocycles. The van der Waals surface area contributed by atoms with Crippen molar-refractivity contribution in [1.29, 1.82) is 0 Å². The van der Waals surface area contributed by atoms with E-state index in [1.807, 2.05) is 0 Å². The Morgan fingerprint density at radius 1 is 1.50 bits per heavy atom. The minimum absolute atomic E-state index is 0.145. The van der Waals surface area contributed by atoms with Crippen LogP contribution in [0.3, 0.4) is 0 Å². The highest BCUT2D eigenvalue weighted by molar-refractivity contribution is 5.74. The van der Waals surface area contributed by atoms with Gasteiger partial charge >= 0.3 is 0 Å². The third-order valence-corrected chi connectivity index (χ3v) is 2.29. The van der Waals surface area contributed by atoms with E-state index in [2.05, 4.69) is 4.98 Å². The third kappa shape index (κ3) is 2.32. The molecule has 5 heteroatoms. The van der Waals surface area contributed by atoms with E-state index in [0.29, 0.717) is 29.8 Å². The summed E-state index contributed by atoms with van der Waals surface area (Å²) in [4.78, 5) is 4.22. The van der Waals surface area contributed by atoms with Crippen LogP contribution in [0.4, 0.5) is 0 Å². The lowest BCUT2D eigenvalue weighted by molar-refractivity contribution is -0.0784. The van der Waals surface area contributed by atoms with E-state index in [0.717, 1.165) is 0 Å². The minimum Gasteiger partial charge on any atom is -0.508 e. The summed E-state index contributed by atoms with van der Waals surface area (Å²) in [5.74, 6) is 0.670. The molecule has 5 nitrogen and oxygen atoms in total. The maximum absolute atomic E-state index is 9.25. The van der Waals surface area contributed by atoms with Crippen molar-refractivity contribution in [3.8, 4) is 5.75 Å². The molecule has 0 bridgehead atoms. The molecule has 2 aromatic rings. The number of nitrogens with zero attached hydrogens (tertiary/aromatic N) is 1. The maximum atomic E-state index is 9.25. The lowest BCUT2D eigenvalue weighted by Gasteiger charge is -2.04. The fourth-order valence-corrected chi connectivity index (χ4v) is 1.43. The number of methoxy groups -OCH3 is 1. The molecule has 0 saturated heterocycles. The van der Waals surface area contributed by atoms with E-state index in [-0.39, 0.29) is 5.75 Å². The van der Waals surface area contributed by atoms with Gasteiger partial charge in [-0.25, -0.2) is 4.98 Å². The molecule has 0 aliphatic rings. The largest absolute Gasteiger partial charge is 0.508 e. The second kappa shape index (κ2) is 4.51. The first-order valence-electron chi connectivity index (χ1n) is 4.98. The molecule has 2 N–H and O–H groups in total. The quantitative estimate of drug-likeness (QED) is 0.767. The average Bonchev–Trinajstić information content (AvgIpc) is 2.67. The second-order valence-corrected chi connectivity index (χ2v) is 3.49. The van der Waals surface area contributed by atoms with Gasteiger partial charge in [-0.05, 0) is 12.1 Å². The van der Waals surface area contributed by atoms with Gasteiger partial charge in [-0.3, -0.25) is 0 Å². The Hall–Kier alpha value is -1.59. The van der Waals surface area contributed by atoms with Gasteiger partial charge in [0.15, 0.2) is 17.8 Å². The average molecular weight is 223 g/mol. The number of phenols is 1. The number of aryl methyl sites for hydroxylation is 1. The summed E-state index contributed by atoms with van der Waals surface area (Å²) in [7, 11) is 1.44. The van der Waals surface area contributed by atoms with Crippen molar-refractivity contribution < 1.29 is 19.4 Å². The highest BCUT2D eigenvalue weighted by Crippen LogP contribution is 2.21. The Balaban J connectivity index is 2.13. The van der Waals surface area contributed by atoms with E-state index in [1.165, 1.54) is 13.2 Å². The molecular formula is C11H13NO4. The van der Waals surface area contributed by atoms with Crippen LogP contribution in [-0.2, 0) is 11.2 Å². The molecule has 0 aliphatic carbocycles. The molecule has 0 saturated carbocycles. The number of phenolic OH excluding ortho intramolecular Hbond substituents is 1. The topological polar surface area (TPSA) is 75.7 Å². The zero-order valence-corrected chi connectivity index (χ0v) is 8.88. The van der Waals surface area contributed by atoms with Crippen LogP contribution in [-0.4, -0.2) is 28.6 Å². The SMILES string of the molecule is COC(O)CCc1nc2ccc(O)cc2o1. The van der Waals surface area contributed by atoms with Gasteiger partial charge in [0.1, 0.15) is 11.3 Å². The number of aromatic nitrogens is 1. The molecule has 0 fully saturated rings. The van der Waals surface area contributed by atoms with Crippen molar-refractivity contribution in [3.63, 3.8) is 0 Å². The Morgan fingerprint density at radius 3 is 3.06 bits per heavy atom. The third-order valence-electron chi connectivity index (χ3n) is 2.29. The number of rotatable bonds is 4.